The molecule has 0 aromatic carbocycles. The number of allylic oxidation sites excluding steroid dienone is 1. The van der Waals surface area contributed by atoms with E-state index >= 15 is 0 Å². The van der Waals surface area contributed by atoms with Gasteiger partial charge in [0, 0.05) is 12.6 Å². The highest BCUT2D eigenvalue weighted by atomic mass is 35.5. The number of aliphatic imine (C=N–C) groups is 2. The monoisotopic (exact) mass is 477 g/mol. The second kappa shape index (κ2) is 9.74. The van der Waals surface area contributed by atoms with Gasteiger partial charge in [0.15, 0.2) is 27.3 Å². The maximum atomic E-state index is 13.3. The predicted molar refractivity (Wildman–Crippen MR) is 122 cm³/mol. The largest absolute Gasteiger partial charge is 0.333 e. The molecule has 1 aromatic heterocycles. The van der Waals surface area contributed by atoms with Crippen molar-refractivity contribution in [3.05, 3.63) is 47.5 Å². The average molecular weight is 478 g/mol. The van der Waals surface area contributed by atoms with E-state index in [2.05, 4.69) is 26.9 Å². The van der Waals surface area contributed by atoms with Gasteiger partial charge in [0.1, 0.15) is 5.16 Å². The van der Waals surface area contributed by atoms with Gasteiger partial charge in [-0.05, 0) is 31.9 Å². The van der Waals surface area contributed by atoms with Crippen LogP contribution in [0, 0.1) is 0 Å². The zero-order chi connectivity index (χ0) is 23.5. The van der Waals surface area contributed by atoms with Crippen LogP contribution in [0.1, 0.15) is 38.8 Å². The topological polar surface area (TPSA) is 121 Å². The van der Waals surface area contributed by atoms with Gasteiger partial charge >= 0.3 is 0 Å². The summed E-state index contributed by atoms with van der Waals surface area (Å²) in [4.78, 5) is 39.8. The van der Waals surface area contributed by atoms with E-state index in [1.54, 1.807) is 26.0 Å². The molecule has 1 aliphatic heterocycles. The highest BCUT2D eigenvalue weighted by molar-refractivity contribution is 7.91. The second-order valence-electron chi connectivity index (χ2n) is 7.24. The molecule has 11 heteroatoms. The highest BCUT2D eigenvalue weighted by Gasteiger charge is 2.42. The Balaban J connectivity index is 1.92. The molecule has 0 spiro atoms. The molecule has 1 aliphatic carbocycles. The quantitative estimate of drug-likeness (QED) is 0.627. The molecule has 2 aliphatic rings. The molecular formula is C21H24ClN5O4S. The van der Waals surface area contributed by atoms with Crippen LogP contribution in [0.15, 0.2) is 56.7 Å². The van der Waals surface area contributed by atoms with Crippen molar-refractivity contribution in [1.29, 1.82) is 0 Å². The Bertz CT molecular complexity index is 1140. The average Bonchev–Trinajstić information content (AvgIpc) is 3.18. The van der Waals surface area contributed by atoms with Gasteiger partial charge in [-0.1, -0.05) is 31.2 Å². The summed E-state index contributed by atoms with van der Waals surface area (Å²) in [5, 5.41) is 2.93. The van der Waals surface area contributed by atoms with Crippen LogP contribution in [0.25, 0.3) is 0 Å². The molecule has 170 valence electrons. The number of pyridine rings is 1. The third kappa shape index (κ3) is 4.97. The number of aromatic nitrogens is 1. The molecular weight excluding hydrogens is 454 g/mol. The lowest BCUT2D eigenvalue weighted by atomic mass is 10.1. The number of nitrogens with one attached hydrogen (secondary N) is 1. The maximum Gasteiger partial charge on any atom is 0.295 e. The number of amidine groups is 2. The number of Topliss-reactive ketones (excluding diaryl/α,β-unsaturated/α-hetero) is 1. The van der Waals surface area contributed by atoms with Gasteiger partial charge in [0.2, 0.25) is 0 Å². The lowest BCUT2D eigenvalue weighted by Gasteiger charge is -2.35. The van der Waals surface area contributed by atoms with E-state index in [9.17, 15) is 18.0 Å². The summed E-state index contributed by atoms with van der Waals surface area (Å²) >= 11 is 5.88. The van der Waals surface area contributed by atoms with E-state index in [1.165, 1.54) is 17.2 Å². The standard InChI is InChI=1S/C21H24ClN5O4S/c1-4-16-20(25-13(3)22)27(17-7-6-8-18(17)28)21(29)19(26-16)24-11-14-9-10-15(12-23-14)32(30,31)5-2/h4,9-10,12,17H,3,5-8,11H2,1-2H3,(H,24,26)/b16-4+,25-20?. The number of piperazine rings is 1. The molecule has 2 heterocycles. The molecule has 1 saturated heterocycles. The Kier molecular flexibility index (Phi) is 7.25. The Morgan fingerprint density at radius 2 is 2.16 bits per heavy atom. The van der Waals surface area contributed by atoms with Crippen molar-refractivity contribution in [2.75, 3.05) is 5.75 Å². The molecule has 32 heavy (non-hydrogen) atoms. The minimum absolute atomic E-state index is 0.0175. The lowest BCUT2D eigenvalue weighted by molar-refractivity contribution is -0.129. The Morgan fingerprint density at radius 3 is 2.69 bits per heavy atom. The van der Waals surface area contributed by atoms with Crippen LogP contribution in [0.2, 0.25) is 0 Å². The molecule has 3 rings (SSSR count). The predicted octanol–water partition coefficient (Wildman–Crippen LogP) is 2.34. The number of hydrogen-bond acceptors (Lipinski definition) is 7. The molecule has 1 aromatic rings. The Hall–Kier alpha value is -2.85. The van der Waals surface area contributed by atoms with Gasteiger partial charge in [-0.25, -0.2) is 13.4 Å². The fourth-order valence-electron chi connectivity index (χ4n) is 3.49. The van der Waals surface area contributed by atoms with Crippen LogP contribution in [-0.2, 0) is 26.0 Å². The van der Waals surface area contributed by atoms with E-state index in [1.807, 2.05) is 0 Å². The summed E-state index contributed by atoms with van der Waals surface area (Å²) in [6.45, 7) is 6.92. The van der Waals surface area contributed by atoms with Crippen molar-refractivity contribution >= 4 is 44.8 Å². The van der Waals surface area contributed by atoms with Crippen LogP contribution >= 0.6 is 11.6 Å². The first-order chi connectivity index (χ1) is 15.2. The number of hydrogen-bond donors (Lipinski definition) is 1. The van der Waals surface area contributed by atoms with Crippen LogP contribution < -0.4 is 5.32 Å². The number of carbonyl (C=O) groups excluding carboxylic acids is 2. The smallest absolute Gasteiger partial charge is 0.295 e. The first kappa shape index (κ1) is 23.8. The van der Waals surface area contributed by atoms with E-state index < -0.39 is 21.8 Å². The van der Waals surface area contributed by atoms with Crippen molar-refractivity contribution in [2.45, 2.75) is 50.6 Å². The summed E-state index contributed by atoms with van der Waals surface area (Å²) < 4.78 is 23.9. The van der Waals surface area contributed by atoms with Gasteiger partial charge in [0.25, 0.3) is 5.91 Å². The van der Waals surface area contributed by atoms with Crippen LogP contribution in [0.5, 0.6) is 0 Å². The first-order valence-corrected chi connectivity index (χ1v) is 12.2. The molecule has 2 fully saturated rings. The molecule has 1 N–H and O–H groups in total. The number of ketones is 1. The van der Waals surface area contributed by atoms with Crippen LogP contribution in [-0.4, -0.2) is 53.5 Å². The zero-order valence-corrected chi connectivity index (χ0v) is 19.4. The van der Waals surface area contributed by atoms with Crippen LogP contribution in [0.3, 0.4) is 0 Å². The minimum atomic E-state index is -3.35. The normalized spacial score (nSPS) is 23.3. The number of rotatable bonds is 6. The molecule has 1 amide bonds. The fraction of sp³-hybridized carbons (Fsp3) is 0.381. The number of amides is 1. The van der Waals surface area contributed by atoms with E-state index in [-0.39, 0.29) is 39.8 Å². The molecule has 9 nitrogen and oxygen atoms in total. The van der Waals surface area contributed by atoms with Crippen molar-refractivity contribution in [3.63, 3.8) is 0 Å². The number of halogens is 1. The molecule has 0 radical (unpaired) electrons. The Labute approximate surface area is 191 Å². The van der Waals surface area contributed by atoms with E-state index in [0.29, 0.717) is 30.7 Å². The van der Waals surface area contributed by atoms with E-state index in [4.69, 9.17) is 11.6 Å². The van der Waals surface area contributed by atoms with Crippen molar-refractivity contribution < 1.29 is 18.0 Å². The van der Waals surface area contributed by atoms with Gasteiger partial charge in [-0.15, -0.1) is 0 Å². The molecule has 0 bridgehead atoms. The highest BCUT2D eigenvalue weighted by Crippen LogP contribution is 2.25. The number of carbonyl (C=O) groups is 2. The number of nitrogens with zero attached hydrogens (tertiary/aromatic N) is 4. The van der Waals surface area contributed by atoms with E-state index in [0.717, 1.165) is 0 Å². The minimum Gasteiger partial charge on any atom is -0.333 e. The maximum absolute atomic E-state index is 13.3. The first-order valence-electron chi connectivity index (χ1n) is 10.1. The second-order valence-corrected chi connectivity index (χ2v) is 9.96. The van der Waals surface area contributed by atoms with Crippen molar-refractivity contribution in [1.82, 2.24) is 15.2 Å². The van der Waals surface area contributed by atoms with Crippen molar-refractivity contribution in [2.24, 2.45) is 9.98 Å². The van der Waals surface area contributed by atoms with Crippen LogP contribution in [0.4, 0.5) is 0 Å². The van der Waals surface area contributed by atoms with Crippen molar-refractivity contribution in [3.8, 4) is 0 Å². The third-order valence-corrected chi connectivity index (χ3v) is 6.98. The Morgan fingerprint density at radius 1 is 1.41 bits per heavy atom. The molecule has 1 saturated carbocycles. The number of sulfone groups is 1. The summed E-state index contributed by atoms with van der Waals surface area (Å²) in [6.07, 6.45) is 4.59. The molecule has 1 unspecified atom stereocenters. The van der Waals surface area contributed by atoms with Gasteiger partial charge in [-0.2, -0.15) is 0 Å². The summed E-state index contributed by atoms with van der Waals surface area (Å²) in [5.41, 5.74) is 0.962. The summed E-state index contributed by atoms with van der Waals surface area (Å²) in [5.74, 6) is -0.308. The third-order valence-electron chi connectivity index (χ3n) is 5.18. The summed E-state index contributed by atoms with van der Waals surface area (Å²) in [6, 6.07) is 2.38. The molecule has 1 atom stereocenters. The van der Waals surface area contributed by atoms with Gasteiger partial charge in [-0.3, -0.25) is 24.5 Å². The van der Waals surface area contributed by atoms with Gasteiger partial charge in [0.05, 0.1) is 34.6 Å². The SMILES string of the molecule is C=C(Cl)N=C1/C(=C\C)NC(=NCc2ccc(S(=O)(=O)CC)cn2)C(=O)N1C1CCCC1=O. The fourth-order valence-corrected chi connectivity index (χ4v) is 4.39. The zero-order valence-electron chi connectivity index (χ0n) is 17.8. The summed E-state index contributed by atoms with van der Waals surface area (Å²) in [7, 11) is -3.35. The van der Waals surface area contributed by atoms with Gasteiger partial charge < -0.3 is 5.32 Å². The lowest BCUT2D eigenvalue weighted by Crippen LogP contribution is -2.58.